The summed E-state index contributed by atoms with van der Waals surface area (Å²) in [6, 6.07) is 2.93. The molecule has 112 valence electrons. The van der Waals surface area contributed by atoms with Gasteiger partial charge in [-0.15, -0.1) is 0 Å². The van der Waals surface area contributed by atoms with Gasteiger partial charge in [-0.05, 0) is 18.2 Å². The molecule has 0 aliphatic heterocycles. The van der Waals surface area contributed by atoms with Crippen molar-refractivity contribution in [3.05, 3.63) is 23.2 Å². The van der Waals surface area contributed by atoms with Crippen LogP contribution >= 0.6 is 11.6 Å². The Morgan fingerprint density at radius 1 is 1.45 bits per heavy atom. The minimum atomic E-state index is -4.01. The van der Waals surface area contributed by atoms with Gasteiger partial charge in [-0.25, -0.2) is 8.42 Å². The van der Waals surface area contributed by atoms with E-state index in [0.717, 1.165) is 25.3 Å². The van der Waals surface area contributed by atoms with Crippen molar-refractivity contribution in [2.24, 2.45) is 0 Å². The highest BCUT2D eigenvalue weighted by Crippen LogP contribution is 2.28. The molecule has 0 fully saturated rings. The number of hydrogen-bond donors (Lipinski definition) is 1. The van der Waals surface area contributed by atoms with Gasteiger partial charge in [0.2, 0.25) is 10.0 Å². The summed E-state index contributed by atoms with van der Waals surface area (Å²) in [6.45, 7) is -3.64. The maximum atomic E-state index is 12.0. The number of rotatable bonds is 6. The Morgan fingerprint density at radius 2 is 2.10 bits per heavy atom. The minimum absolute atomic E-state index is 0.298. The predicted molar refractivity (Wildman–Crippen MR) is 65.3 cm³/mol. The van der Waals surface area contributed by atoms with E-state index >= 15 is 0 Å². The maximum Gasteiger partial charge on any atom is 0.387 e. The van der Waals surface area contributed by atoms with Gasteiger partial charge in [0.15, 0.2) is 0 Å². The fourth-order valence-electron chi connectivity index (χ4n) is 1.15. The van der Waals surface area contributed by atoms with Crippen LogP contribution in [0.5, 0.6) is 5.75 Å². The molecule has 20 heavy (non-hydrogen) atoms. The number of halogens is 3. The van der Waals surface area contributed by atoms with E-state index in [2.05, 4.69) is 9.47 Å². The first-order valence-corrected chi connectivity index (χ1v) is 6.93. The average molecular weight is 330 g/mol. The van der Waals surface area contributed by atoms with E-state index in [0.29, 0.717) is 0 Å². The summed E-state index contributed by atoms with van der Waals surface area (Å²) >= 11 is 5.63. The van der Waals surface area contributed by atoms with E-state index in [-0.39, 0.29) is 15.7 Å². The number of methoxy groups -OCH3 is 1. The van der Waals surface area contributed by atoms with E-state index in [1.807, 2.05) is 4.72 Å². The molecular weight excluding hydrogens is 320 g/mol. The van der Waals surface area contributed by atoms with Crippen molar-refractivity contribution in [2.75, 3.05) is 13.7 Å². The Hall–Kier alpha value is -1.45. The third kappa shape index (κ3) is 4.58. The third-order valence-corrected chi connectivity index (χ3v) is 3.76. The van der Waals surface area contributed by atoms with Gasteiger partial charge in [-0.3, -0.25) is 4.79 Å². The van der Waals surface area contributed by atoms with E-state index in [4.69, 9.17) is 11.6 Å². The molecular formula is C10H10ClF2NO5S. The van der Waals surface area contributed by atoms with E-state index < -0.39 is 29.1 Å². The van der Waals surface area contributed by atoms with Crippen molar-refractivity contribution < 1.29 is 31.5 Å². The van der Waals surface area contributed by atoms with Gasteiger partial charge in [0.05, 0.1) is 17.0 Å². The van der Waals surface area contributed by atoms with Gasteiger partial charge < -0.3 is 9.47 Å². The zero-order valence-electron chi connectivity index (χ0n) is 10.1. The number of hydrogen-bond acceptors (Lipinski definition) is 5. The molecule has 0 atom stereocenters. The van der Waals surface area contributed by atoms with E-state index in [1.54, 1.807) is 0 Å². The van der Waals surface area contributed by atoms with Crippen LogP contribution in [-0.2, 0) is 19.6 Å². The molecule has 10 heteroatoms. The molecule has 0 radical (unpaired) electrons. The molecule has 0 saturated carbocycles. The summed E-state index contributed by atoms with van der Waals surface area (Å²) < 4.78 is 57.9. The summed E-state index contributed by atoms with van der Waals surface area (Å²) in [5.74, 6) is -1.13. The molecule has 6 nitrogen and oxygen atoms in total. The highest BCUT2D eigenvalue weighted by Gasteiger charge is 2.18. The monoisotopic (exact) mass is 329 g/mol. The second-order valence-corrected chi connectivity index (χ2v) is 5.55. The predicted octanol–water partition coefficient (Wildman–Crippen LogP) is 1.39. The van der Waals surface area contributed by atoms with Crippen LogP contribution in [0.4, 0.5) is 8.78 Å². The maximum absolute atomic E-state index is 12.0. The minimum Gasteiger partial charge on any atom is -0.468 e. The zero-order chi connectivity index (χ0) is 15.3. The van der Waals surface area contributed by atoms with Gasteiger partial charge in [-0.1, -0.05) is 11.6 Å². The van der Waals surface area contributed by atoms with Crippen molar-refractivity contribution in [3.63, 3.8) is 0 Å². The quantitative estimate of drug-likeness (QED) is 0.798. The molecule has 0 unspecified atom stereocenters. The topological polar surface area (TPSA) is 81.7 Å². The Morgan fingerprint density at radius 3 is 2.60 bits per heavy atom. The molecule has 1 aromatic rings. The van der Waals surface area contributed by atoms with Gasteiger partial charge in [-0.2, -0.15) is 13.5 Å². The number of benzene rings is 1. The Labute approximate surface area is 118 Å². The highest BCUT2D eigenvalue weighted by molar-refractivity contribution is 7.89. The molecule has 0 saturated heterocycles. The summed E-state index contributed by atoms with van der Waals surface area (Å²) in [7, 11) is -2.91. The molecule has 1 rings (SSSR count). The Kier molecular flexibility index (Phi) is 5.66. The van der Waals surface area contributed by atoms with Gasteiger partial charge in [0.1, 0.15) is 12.3 Å². The largest absolute Gasteiger partial charge is 0.468 e. The first-order chi connectivity index (χ1) is 9.26. The molecule has 0 aliphatic carbocycles. The van der Waals surface area contributed by atoms with Crippen LogP contribution < -0.4 is 9.46 Å². The number of carbonyl (C=O) groups is 1. The lowest BCUT2D eigenvalue weighted by atomic mass is 10.3. The normalized spacial score (nSPS) is 11.4. The molecule has 0 spiro atoms. The van der Waals surface area contributed by atoms with Crippen LogP contribution in [0, 0.1) is 0 Å². The molecule has 0 heterocycles. The average Bonchev–Trinajstić information content (AvgIpc) is 2.37. The smallest absolute Gasteiger partial charge is 0.387 e. The molecule has 1 aromatic carbocycles. The van der Waals surface area contributed by atoms with E-state index in [1.165, 1.54) is 0 Å². The molecule has 0 aromatic heterocycles. The lowest BCUT2D eigenvalue weighted by molar-refractivity contribution is -0.139. The first kappa shape index (κ1) is 16.6. The van der Waals surface area contributed by atoms with Crippen LogP contribution in [0.2, 0.25) is 5.02 Å². The van der Waals surface area contributed by atoms with Crippen LogP contribution in [0.15, 0.2) is 23.1 Å². The summed E-state index contributed by atoms with van der Waals surface area (Å²) in [6.07, 6.45) is 0. The summed E-state index contributed by atoms with van der Waals surface area (Å²) in [5.41, 5.74) is 0. The number of ether oxygens (including phenoxy) is 2. The summed E-state index contributed by atoms with van der Waals surface area (Å²) in [5, 5.41) is -0.300. The van der Waals surface area contributed by atoms with E-state index in [9.17, 15) is 22.0 Å². The summed E-state index contributed by atoms with van der Waals surface area (Å²) in [4.78, 5) is 10.6. The number of carbonyl (C=O) groups excluding carboxylic acids is 1. The second kappa shape index (κ2) is 6.82. The molecule has 0 bridgehead atoms. The Bertz CT molecular complexity index is 593. The van der Waals surface area contributed by atoms with Crippen molar-refractivity contribution >= 4 is 27.6 Å². The number of esters is 1. The molecule has 0 aliphatic rings. The molecule has 1 N–H and O–H groups in total. The number of nitrogens with one attached hydrogen (secondary N) is 1. The van der Waals surface area contributed by atoms with Crippen molar-refractivity contribution in [3.8, 4) is 5.75 Å². The lowest BCUT2D eigenvalue weighted by Gasteiger charge is -2.09. The standard InChI is InChI=1S/C10H10ClF2NO5S/c1-18-9(15)5-14-20(16,17)6-2-3-8(7(11)4-6)19-10(12)13/h2-4,10,14H,5H2,1H3. The molecule has 0 amide bonds. The zero-order valence-corrected chi connectivity index (χ0v) is 11.7. The van der Waals surface area contributed by atoms with Gasteiger partial charge in [0, 0.05) is 0 Å². The number of sulfonamides is 1. The first-order valence-electron chi connectivity index (χ1n) is 5.07. The Balaban J connectivity index is 2.91. The van der Waals surface area contributed by atoms with Crippen LogP contribution in [0.25, 0.3) is 0 Å². The van der Waals surface area contributed by atoms with Gasteiger partial charge >= 0.3 is 12.6 Å². The lowest BCUT2D eigenvalue weighted by Crippen LogP contribution is -2.30. The second-order valence-electron chi connectivity index (χ2n) is 3.37. The van der Waals surface area contributed by atoms with Crippen molar-refractivity contribution in [1.82, 2.24) is 4.72 Å². The SMILES string of the molecule is COC(=O)CNS(=O)(=O)c1ccc(OC(F)F)c(Cl)c1. The highest BCUT2D eigenvalue weighted by atomic mass is 35.5. The third-order valence-electron chi connectivity index (χ3n) is 2.06. The fraction of sp³-hybridized carbons (Fsp3) is 0.300. The van der Waals surface area contributed by atoms with Crippen LogP contribution in [0.1, 0.15) is 0 Å². The van der Waals surface area contributed by atoms with Gasteiger partial charge in [0.25, 0.3) is 0 Å². The fourth-order valence-corrected chi connectivity index (χ4v) is 2.43. The van der Waals surface area contributed by atoms with Crippen molar-refractivity contribution in [2.45, 2.75) is 11.5 Å². The van der Waals surface area contributed by atoms with Crippen LogP contribution in [0.3, 0.4) is 0 Å². The van der Waals surface area contributed by atoms with Crippen LogP contribution in [-0.4, -0.2) is 34.7 Å². The van der Waals surface area contributed by atoms with Crippen molar-refractivity contribution in [1.29, 1.82) is 0 Å². The number of alkyl halides is 2.